The number of benzene rings is 2. The van der Waals surface area contributed by atoms with Gasteiger partial charge < -0.3 is 10.2 Å². The first-order valence-corrected chi connectivity index (χ1v) is 8.32. The number of amides is 1. The normalized spacial score (nSPS) is 10.4. The summed E-state index contributed by atoms with van der Waals surface area (Å²) in [4.78, 5) is 18.7. The molecule has 4 heteroatoms. The molecule has 126 valence electrons. The quantitative estimate of drug-likeness (QED) is 0.722. The van der Waals surface area contributed by atoms with E-state index in [0.717, 1.165) is 16.8 Å². The third kappa shape index (κ3) is 4.99. The van der Waals surface area contributed by atoms with Crippen LogP contribution in [0.2, 0.25) is 0 Å². The Kier molecular flexibility index (Phi) is 5.91. The molecule has 25 heavy (non-hydrogen) atoms. The van der Waals surface area contributed by atoms with Gasteiger partial charge in [-0.2, -0.15) is 0 Å². The molecule has 0 aliphatic carbocycles. The number of anilines is 1. The molecule has 0 fully saturated rings. The maximum atomic E-state index is 12.8. The van der Waals surface area contributed by atoms with E-state index in [1.54, 1.807) is 12.4 Å². The molecule has 1 heterocycles. The topological polar surface area (TPSA) is 45.2 Å². The zero-order chi connectivity index (χ0) is 17.3. The van der Waals surface area contributed by atoms with Crippen molar-refractivity contribution in [1.29, 1.82) is 0 Å². The number of rotatable bonds is 7. The van der Waals surface area contributed by atoms with Crippen molar-refractivity contribution >= 4 is 11.6 Å². The standard InChI is InChI=1S/C21H21N3O/c25-21(16-23-15-19-10-7-13-22-14-19)24(20-11-5-2-6-12-20)17-18-8-3-1-4-9-18/h1-14,23H,15-17H2. The second-order valence-corrected chi connectivity index (χ2v) is 5.77. The van der Waals surface area contributed by atoms with Gasteiger partial charge in [-0.1, -0.05) is 54.6 Å². The van der Waals surface area contributed by atoms with Gasteiger partial charge in [0.1, 0.15) is 0 Å². The van der Waals surface area contributed by atoms with Crippen molar-refractivity contribution in [3.8, 4) is 0 Å². The second kappa shape index (κ2) is 8.76. The third-order valence-corrected chi connectivity index (χ3v) is 3.88. The fourth-order valence-electron chi connectivity index (χ4n) is 2.61. The maximum Gasteiger partial charge on any atom is 0.241 e. The molecule has 0 saturated carbocycles. The minimum atomic E-state index is 0.0407. The van der Waals surface area contributed by atoms with E-state index in [4.69, 9.17) is 0 Å². The summed E-state index contributed by atoms with van der Waals surface area (Å²) in [6, 6.07) is 23.7. The Morgan fingerprint density at radius 1 is 0.880 bits per heavy atom. The van der Waals surface area contributed by atoms with Crippen LogP contribution in [0.3, 0.4) is 0 Å². The molecule has 0 saturated heterocycles. The molecule has 3 rings (SSSR count). The molecule has 1 amide bonds. The Hall–Kier alpha value is -2.98. The Labute approximate surface area is 148 Å². The lowest BCUT2D eigenvalue weighted by Crippen LogP contribution is -2.37. The van der Waals surface area contributed by atoms with Gasteiger partial charge in [0, 0.05) is 24.6 Å². The van der Waals surface area contributed by atoms with Crippen molar-refractivity contribution in [2.45, 2.75) is 13.1 Å². The number of hydrogen-bond acceptors (Lipinski definition) is 3. The highest BCUT2D eigenvalue weighted by Crippen LogP contribution is 2.17. The number of hydrogen-bond donors (Lipinski definition) is 1. The number of carbonyl (C=O) groups excluding carboxylic acids is 1. The van der Waals surface area contributed by atoms with Crippen LogP contribution in [0.25, 0.3) is 0 Å². The van der Waals surface area contributed by atoms with Crippen LogP contribution in [-0.4, -0.2) is 17.4 Å². The fourth-order valence-corrected chi connectivity index (χ4v) is 2.61. The van der Waals surface area contributed by atoms with Crippen LogP contribution in [0, 0.1) is 0 Å². The Morgan fingerprint density at radius 3 is 2.24 bits per heavy atom. The summed E-state index contributed by atoms with van der Waals surface area (Å²) in [5.74, 6) is 0.0407. The summed E-state index contributed by atoms with van der Waals surface area (Å²) < 4.78 is 0. The first kappa shape index (κ1) is 16.9. The third-order valence-electron chi connectivity index (χ3n) is 3.88. The molecule has 1 aromatic heterocycles. The van der Waals surface area contributed by atoms with Gasteiger partial charge in [0.25, 0.3) is 0 Å². The van der Waals surface area contributed by atoms with Crippen LogP contribution < -0.4 is 10.2 Å². The lowest BCUT2D eigenvalue weighted by atomic mass is 10.2. The molecule has 0 bridgehead atoms. The van der Waals surface area contributed by atoms with Gasteiger partial charge >= 0.3 is 0 Å². The molecule has 3 aromatic rings. The average molecular weight is 331 g/mol. The zero-order valence-electron chi connectivity index (χ0n) is 14.0. The Bertz CT molecular complexity index is 776. The number of nitrogens with one attached hydrogen (secondary N) is 1. The van der Waals surface area contributed by atoms with Crippen LogP contribution >= 0.6 is 0 Å². The monoisotopic (exact) mass is 331 g/mol. The van der Waals surface area contributed by atoms with Crippen molar-refractivity contribution in [1.82, 2.24) is 10.3 Å². The van der Waals surface area contributed by atoms with Crippen molar-refractivity contribution in [2.24, 2.45) is 0 Å². The summed E-state index contributed by atoms with van der Waals surface area (Å²) in [5, 5.41) is 3.21. The van der Waals surface area contributed by atoms with Crippen molar-refractivity contribution in [3.63, 3.8) is 0 Å². The number of nitrogens with zero attached hydrogens (tertiary/aromatic N) is 2. The average Bonchev–Trinajstić information content (AvgIpc) is 2.68. The number of carbonyl (C=O) groups is 1. The smallest absolute Gasteiger partial charge is 0.241 e. The van der Waals surface area contributed by atoms with Gasteiger partial charge in [0.15, 0.2) is 0 Å². The zero-order valence-corrected chi connectivity index (χ0v) is 14.0. The van der Waals surface area contributed by atoms with E-state index in [-0.39, 0.29) is 12.5 Å². The second-order valence-electron chi connectivity index (χ2n) is 5.77. The van der Waals surface area contributed by atoms with Gasteiger partial charge in [-0.25, -0.2) is 0 Å². The van der Waals surface area contributed by atoms with E-state index in [1.807, 2.05) is 77.7 Å². The minimum Gasteiger partial charge on any atom is -0.307 e. The number of para-hydroxylation sites is 1. The summed E-state index contributed by atoms with van der Waals surface area (Å²) in [6.45, 7) is 1.45. The summed E-state index contributed by atoms with van der Waals surface area (Å²) in [6.07, 6.45) is 3.54. The SMILES string of the molecule is O=C(CNCc1cccnc1)N(Cc1ccccc1)c1ccccc1. The lowest BCUT2D eigenvalue weighted by molar-refractivity contribution is -0.118. The predicted octanol–water partition coefficient (Wildman–Crippen LogP) is 3.40. The van der Waals surface area contributed by atoms with Gasteiger partial charge in [-0.05, 0) is 29.3 Å². The van der Waals surface area contributed by atoms with E-state index in [2.05, 4.69) is 10.3 Å². The number of pyridine rings is 1. The minimum absolute atomic E-state index is 0.0407. The Balaban J connectivity index is 1.67. The molecule has 0 atom stereocenters. The molecule has 4 nitrogen and oxygen atoms in total. The van der Waals surface area contributed by atoms with Crippen molar-refractivity contribution in [3.05, 3.63) is 96.3 Å². The van der Waals surface area contributed by atoms with E-state index in [1.165, 1.54) is 0 Å². The summed E-state index contributed by atoms with van der Waals surface area (Å²) >= 11 is 0. The first-order valence-electron chi connectivity index (χ1n) is 8.32. The van der Waals surface area contributed by atoms with Crippen LogP contribution in [0.4, 0.5) is 5.69 Å². The first-order chi connectivity index (χ1) is 12.3. The van der Waals surface area contributed by atoms with E-state index in [0.29, 0.717) is 13.1 Å². The van der Waals surface area contributed by atoms with E-state index in [9.17, 15) is 4.79 Å². The summed E-state index contributed by atoms with van der Waals surface area (Å²) in [7, 11) is 0. The van der Waals surface area contributed by atoms with E-state index >= 15 is 0 Å². The molecule has 1 N–H and O–H groups in total. The molecule has 0 spiro atoms. The molecular formula is C21H21N3O. The predicted molar refractivity (Wildman–Crippen MR) is 100 cm³/mol. The highest BCUT2D eigenvalue weighted by molar-refractivity contribution is 5.94. The Morgan fingerprint density at radius 2 is 1.56 bits per heavy atom. The molecule has 0 aliphatic heterocycles. The maximum absolute atomic E-state index is 12.8. The largest absolute Gasteiger partial charge is 0.307 e. The number of aromatic nitrogens is 1. The van der Waals surface area contributed by atoms with Crippen LogP contribution in [0.1, 0.15) is 11.1 Å². The highest BCUT2D eigenvalue weighted by Gasteiger charge is 2.15. The van der Waals surface area contributed by atoms with Gasteiger partial charge in [-0.15, -0.1) is 0 Å². The van der Waals surface area contributed by atoms with Crippen molar-refractivity contribution < 1.29 is 4.79 Å². The van der Waals surface area contributed by atoms with Crippen LogP contribution in [0.5, 0.6) is 0 Å². The highest BCUT2D eigenvalue weighted by atomic mass is 16.2. The van der Waals surface area contributed by atoms with Gasteiger partial charge in [-0.3, -0.25) is 9.78 Å². The van der Waals surface area contributed by atoms with Gasteiger partial charge in [0.05, 0.1) is 13.1 Å². The lowest BCUT2D eigenvalue weighted by Gasteiger charge is -2.23. The van der Waals surface area contributed by atoms with E-state index < -0.39 is 0 Å². The van der Waals surface area contributed by atoms with Crippen LogP contribution in [0.15, 0.2) is 85.2 Å². The summed E-state index contributed by atoms with van der Waals surface area (Å²) in [5.41, 5.74) is 3.07. The molecule has 0 unspecified atom stereocenters. The van der Waals surface area contributed by atoms with Crippen LogP contribution in [-0.2, 0) is 17.9 Å². The van der Waals surface area contributed by atoms with Crippen molar-refractivity contribution in [2.75, 3.05) is 11.4 Å². The molecule has 0 radical (unpaired) electrons. The molecular weight excluding hydrogens is 310 g/mol. The molecule has 0 aliphatic rings. The fraction of sp³-hybridized carbons (Fsp3) is 0.143. The molecule has 2 aromatic carbocycles. The van der Waals surface area contributed by atoms with Gasteiger partial charge in [0.2, 0.25) is 5.91 Å².